The smallest absolute Gasteiger partial charge is 0.410 e. The molecular weight excluding hydrogens is 314 g/mol. The second kappa shape index (κ2) is 7.04. The van der Waals surface area contributed by atoms with Crippen molar-refractivity contribution < 1.29 is 24.2 Å². The van der Waals surface area contributed by atoms with E-state index in [0.717, 1.165) is 0 Å². The average molecular weight is 337 g/mol. The summed E-state index contributed by atoms with van der Waals surface area (Å²) in [6, 6.07) is 2.42. The number of ketones is 1. The Labute approximate surface area is 140 Å². The third-order valence-corrected chi connectivity index (χ3v) is 3.67. The highest BCUT2D eigenvalue weighted by molar-refractivity contribution is 5.96. The van der Waals surface area contributed by atoms with Crippen LogP contribution in [0.1, 0.15) is 31.3 Å². The average Bonchev–Trinajstić information content (AvgIpc) is 2.99. The van der Waals surface area contributed by atoms with E-state index in [9.17, 15) is 19.5 Å². The number of aromatic amines is 1. The number of ether oxygens (including phenoxy) is 1. The van der Waals surface area contributed by atoms with Crippen LogP contribution in [-0.4, -0.2) is 75.6 Å². The Morgan fingerprint density at radius 3 is 2.58 bits per heavy atom. The van der Waals surface area contributed by atoms with Crippen molar-refractivity contribution in [2.24, 2.45) is 0 Å². The summed E-state index contributed by atoms with van der Waals surface area (Å²) < 4.78 is 5.28. The Morgan fingerprint density at radius 1 is 1.33 bits per heavy atom. The van der Waals surface area contributed by atoms with E-state index in [4.69, 9.17) is 4.74 Å². The third-order valence-electron chi connectivity index (χ3n) is 3.67. The van der Waals surface area contributed by atoms with Gasteiger partial charge < -0.3 is 19.7 Å². The number of nitrogens with one attached hydrogen (secondary N) is 1. The number of carboxylic acid groups (broad SMARTS) is 1. The second-order valence-electron chi connectivity index (χ2n) is 6.76. The first-order valence-corrected chi connectivity index (χ1v) is 7.79. The molecule has 1 atom stereocenters. The summed E-state index contributed by atoms with van der Waals surface area (Å²) in [5.41, 5.74) is -0.204. The first-order chi connectivity index (χ1) is 11.2. The molecule has 1 saturated heterocycles. The van der Waals surface area contributed by atoms with Crippen LogP contribution in [0.5, 0.6) is 0 Å². The van der Waals surface area contributed by atoms with Gasteiger partial charge in [-0.05, 0) is 32.9 Å². The van der Waals surface area contributed by atoms with Crippen LogP contribution in [-0.2, 0) is 9.53 Å². The fourth-order valence-electron chi connectivity index (χ4n) is 2.51. The van der Waals surface area contributed by atoms with Crippen LogP contribution < -0.4 is 0 Å². The van der Waals surface area contributed by atoms with Gasteiger partial charge in [-0.3, -0.25) is 14.5 Å². The van der Waals surface area contributed by atoms with E-state index < -0.39 is 23.7 Å². The number of hydrogen-bond donors (Lipinski definition) is 2. The molecule has 1 aromatic heterocycles. The lowest BCUT2D eigenvalue weighted by molar-refractivity contribution is -0.145. The molecule has 2 rings (SSSR count). The second-order valence-corrected chi connectivity index (χ2v) is 6.76. The number of hydrogen-bond acceptors (Lipinski definition) is 5. The van der Waals surface area contributed by atoms with Gasteiger partial charge in [0.2, 0.25) is 0 Å². The van der Waals surface area contributed by atoms with Gasteiger partial charge in [0, 0.05) is 19.3 Å². The molecule has 0 radical (unpaired) electrons. The molecule has 1 aliphatic heterocycles. The predicted octanol–water partition coefficient (Wildman–Crippen LogP) is 1.20. The van der Waals surface area contributed by atoms with Gasteiger partial charge in [-0.1, -0.05) is 0 Å². The van der Waals surface area contributed by atoms with Crippen molar-refractivity contribution in [3.05, 3.63) is 24.0 Å². The highest BCUT2D eigenvalue weighted by Gasteiger charge is 2.36. The zero-order chi connectivity index (χ0) is 17.9. The van der Waals surface area contributed by atoms with Gasteiger partial charge >= 0.3 is 12.1 Å². The van der Waals surface area contributed by atoms with E-state index in [1.165, 1.54) is 4.90 Å². The summed E-state index contributed by atoms with van der Waals surface area (Å²) in [6.45, 7) is 5.85. The van der Waals surface area contributed by atoms with E-state index in [1.54, 1.807) is 44.0 Å². The van der Waals surface area contributed by atoms with Crippen molar-refractivity contribution in [2.75, 3.05) is 26.2 Å². The van der Waals surface area contributed by atoms with Crippen molar-refractivity contribution >= 4 is 17.8 Å². The molecule has 2 N–H and O–H groups in total. The van der Waals surface area contributed by atoms with Crippen LogP contribution in [0.15, 0.2) is 18.3 Å². The molecule has 0 aromatic carbocycles. The molecule has 0 unspecified atom stereocenters. The van der Waals surface area contributed by atoms with Gasteiger partial charge in [0.25, 0.3) is 0 Å². The number of carbonyl (C=O) groups is 3. The lowest BCUT2D eigenvalue weighted by Crippen LogP contribution is -2.59. The summed E-state index contributed by atoms with van der Waals surface area (Å²) in [5, 5.41) is 9.44. The number of aromatic nitrogens is 1. The number of rotatable bonds is 4. The molecular formula is C16H23N3O5. The molecule has 8 nitrogen and oxygen atoms in total. The molecule has 1 amide bonds. The van der Waals surface area contributed by atoms with E-state index in [2.05, 4.69) is 4.98 Å². The van der Waals surface area contributed by atoms with Gasteiger partial charge in [-0.25, -0.2) is 4.79 Å². The number of nitrogens with zero attached hydrogens (tertiary/aromatic N) is 2. The van der Waals surface area contributed by atoms with Crippen molar-refractivity contribution in [3.63, 3.8) is 0 Å². The first-order valence-electron chi connectivity index (χ1n) is 7.79. The number of H-pyrrole nitrogens is 1. The minimum absolute atomic E-state index is 0.0117. The summed E-state index contributed by atoms with van der Waals surface area (Å²) in [5.74, 6) is -1.25. The molecule has 1 aromatic rings. The highest BCUT2D eigenvalue weighted by atomic mass is 16.6. The normalized spacial score (nSPS) is 19.1. The molecule has 0 bridgehead atoms. The summed E-state index contributed by atoms with van der Waals surface area (Å²) in [7, 11) is 0. The minimum atomic E-state index is -1.07. The Hall–Kier alpha value is -2.35. The third kappa shape index (κ3) is 4.58. The molecule has 2 heterocycles. The number of amides is 1. The van der Waals surface area contributed by atoms with Crippen molar-refractivity contribution in [1.82, 2.24) is 14.8 Å². The Kier molecular flexibility index (Phi) is 5.28. The van der Waals surface area contributed by atoms with E-state index in [0.29, 0.717) is 18.8 Å². The summed E-state index contributed by atoms with van der Waals surface area (Å²) in [4.78, 5) is 41.6. The quantitative estimate of drug-likeness (QED) is 0.801. The van der Waals surface area contributed by atoms with Crippen molar-refractivity contribution in [1.29, 1.82) is 0 Å². The molecule has 0 saturated carbocycles. The molecule has 0 spiro atoms. The fourth-order valence-corrected chi connectivity index (χ4v) is 2.51. The number of carbonyl (C=O) groups excluding carboxylic acids is 2. The number of piperazine rings is 1. The van der Waals surface area contributed by atoms with Gasteiger partial charge in [0.1, 0.15) is 11.6 Å². The first kappa shape index (κ1) is 18.0. The molecule has 1 aliphatic rings. The molecule has 24 heavy (non-hydrogen) atoms. The lowest BCUT2D eigenvalue weighted by Gasteiger charge is -2.39. The highest BCUT2D eigenvalue weighted by Crippen LogP contribution is 2.16. The zero-order valence-electron chi connectivity index (χ0n) is 14.1. The Bertz CT molecular complexity index is 606. The van der Waals surface area contributed by atoms with Crippen LogP contribution in [0.3, 0.4) is 0 Å². The summed E-state index contributed by atoms with van der Waals surface area (Å²) >= 11 is 0. The largest absolute Gasteiger partial charge is 0.480 e. The molecule has 8 heteroatoms. The Morgan fingerprint density at radius 2 is 2.04 bits per heavy atom. The van der Waals surface area contributed by atoms with Gasteiger partial charge in [-0.15, -0.1) is 0 Å². The van der Waals surface area contributed by atoms with E-state index in [1.807, 2.05) is 0 Å². The van der Waals surface area contributed by atoms with Crippen LogP contribution >= 0.6 is 0 Å². The number of carboxylic acids is 1. The predicted molar refractivity (Wildman–Crippen MR) is 85.9 cm³/mol. The van der Waals surface area contributed by atoms with E-state index >= 15 is 0 Å². The van der Waals surface area contributed by atoms with Crippen LogP contribution in [0.2, 0.25) is 0 Å². The van der Waals surface area contributed by atoms with Gasteiger partial charge in [0.05, 0.1) is 18.8 Å². The van der Waals surface area contributed by atoms with Crippen LogP contribution in [0, 0.1) is 0 Å². The van der Waals surface area contributed by atoms with Crippen molar-refractivity contribution in [2.45, 2.75) is 32.4 Å². The molecule has 1 fully saturated rings. The monoisotopic (exact) mass is 337 g/mol. The van der Waals surface area contributed by atoms with E-state index in [-0.39, 0.29) is 18.9 Å². The molecule has 132 valence electrons. The van der Waals surface area contributed by atoms with Gasteiger partial charge in [-0.2, -0.15) is 0 Å². The summed E-state index contributed by atoms with van der Waals surface area (Å²) in [6.07, 6.45) is 1.10. The lowest BCUT2D eigenvalue weighted by atomic mass is 10.1. The zero-order valence-corrected chi connectivity index (χ0v) is 14.1. The van der Waals surface area contributed by atoms with Crippen molar-refractivity contribution in [3.8, 4) is 0 Å². The topological polar surface area (TPSA) is 103 Å². The maximum atomic E-state index is 12.2. The standard InChI is InChI=1S/C16H23N3O5/c1-16(2,3)24-15(23)19-8-7-18(12(9-19)14(21)22)10-13(20)11-5-4-6-17-11/h4-6,12,17H,7-10H2,1-3H3,(H,21,22)/t12-/m0/s1. The SMILES string of the molecule is CC(C)(C)OC(=O)N1CCN(CC(=O)c2ccc[nH]2)[C@H](C(=O)O)C1. The van der Waals surface area contributed by atoms with Crippen LogP contribution in [0.25, 0.3) is 0 Å². The maximum Gasteiger partial charge on any atom is 0.410 e. The van der Waals surface area contributed by atoms with Gasteiger partial charge in [0.15, 0.2) is 5.78 Å². The van der Waals surface area contributed by atoms with Crippen LogP contribution in [0.4, 0.5) is 4.79 Å². The fraction of sp³-hybridized carbons (Fsp3) is 0.562. The number of aliphatic carboxylic acids is 1. The minimum Gasteiger partial charge on any atom is -0.480 e. The molecule has 0 aliphatic carbocycles. The number of Topliss-reactive ketones (excluding diaryl/α,β-unsaturated/α-hetero) is 1. The Balaban J connectivity index is 2.02. The maximum absolute atomic E-state index is 12.2.